The molecular weight excluding hydrogens is 404 g/mol. The van der Waals surface area contributed by atoms with Crippen molar-refractivity contribution in [3.05, 3.63) is 53.6 Å². The van der Waals surface area contributed by atoms with Crippen molar-refractivity contribution < 1.29 is 22.7 Å². The number of carbonyl (C=O) groups excluding carboxylic acids is 1. The first-order valence-corrected chi connectivity index (χ1v) is 10.3. The fourth-order valence-corrected chi connectivity index (χ4v) is 4.16. The lowest BCUT2D eigenvalue weighted by Gasteiger charge is -2.25. The lowest BCUT2D eigenvalue weighted by Crippen LogP contribution is -2.44. The highest BCUT2D eigenvalue weighted by molar-refractivity contribution is 7.92. The first-order valence-electron chi connectivity index (χ1n) is 8.48. The normalized spacial score (nSPS) is 12.3. The number of methoxy groups -OCH3 is 2. The Bertz CT molecular complexity index is 903. The van der Waals surface area contributed by atoms with Gasteiger partial charge in [-0.2, -0.15) is 0 Å². The molecule has 0 spiro atoms. The minimum absolute atomic E-state index is 0.0333. The van der Waals surface area contributed by atoms with Crippen LogP contribution in [0, 0.1) is 0 Å². The van der Waals surface area contributed by atoms with Gasteiger partial charge in [-0.05, 0) is 49.4 Å². The van der Waals surface area contributed by atoms with Crippen LogP contribution in [0.5, 0.6) is 5.75 Å². The van der Waals surface area contributed by atoms with E-state index in [2.05, 4.69) is 5.32 Å². The summed E-state index contributed by atoms with van der Waals surface area (Å²) in [5.74, 6) is 0.0704. The molecule has 0 saturated carbocycles. The highest BCUT2D eigenvalue weighted by atomic mass is 35.5. The molecule has 0 bridgehead atoms. The van der Waals surface area contributed by atoms with E-state index in [1.807, 2.05) is 0 Å². The number of sulfonamides is 1. The molecule has 2 aromatic rings. The molecule has 1 amide bonds. The van der Waals surface area contributed by atoms with Crippen molar-refractivity contribution in [3.8, 4) is 5.75 Å². The van der Waals surface area contributed by atoms with Gasteiger partial charge in [0.25, 0.3) is 10.0 Å². The van der Waals surface area contributed by atoms with E-state index in [0.717, 1.165) is 4.31 Å². The third-order valence-electron chi connectivity index (χ3n) is 3.85. The molecule has 0 aromatic heterocycles. The molecule has 0 aliphatic rings. The summed E-state index contributed by atoms with van der Waals surface area (Å²) in [5.41, 5.74) is 0.290. The monoisotopic (exact) mass is 426 g/mol. The van der Waals surface area contributed by atoms with Gasteiger partial charge in [-0.1, -0.05) is 17.7 Å². The Hall–Kier alpha value is -2.29. The fourth-order valence-electron chi connectivity index (χ4n) is 2.56. The number of ether oxygens (including phenoxy) is 2. The van der Waals surface area contributed by atoms with E-state index in [1.165, 1.54) is 32.4 Å². The average Bonchev–Trinajstić information content (AvgIpc) is 2.66. The van der Waals surface area contributed by atoms with Gasteiger partial charge < -0.3 is 14.8 Å². The molecule has 152 valence electrons. The summed E-state index contributed by atoms with van der Waals surface area (Å²) in [5, 5.41) is 3.08. The molecule has 0 saturated heterocycles. The van der Waals surface area contributed by atoms with Crippen LogP contribution in [0.3, 0.4) is 0 Å². The number of hydrogen-bond acceptors (Lipinski definition) is 5. The van der Waals surface area contributed by atoms with Crippen molar-refractivity contribution in [1.29, 1.82) is 0 Å². The van der Waals surface area contributed by atoms with Gasteiger partial charge in [0.15, 0.2) is 0 Å². The quantitative estimate of drug-likeness (QED) is 0.666. The second-order valence-corrected chi connectivity index (χ2v) is 8.39. The second-order valence-electron chi connectivity index (χ2n) is 6.09. The largest absolute Gasteiger partial charge is 0.497 e. The van der Waals surface area contributed by atoms with Crippen LogP contribution in [0.4, 0.5) is 5.69 Å². The molecule has 2 rings (SSSR count). The molecule has 0 radical (unpaired) electrons. The van der Waals surface area contributed by atoms with Crippen molar-refractivity contribution >= 4 is 33.2 Å². The van der Waals surface area contributed by atoms with Crippen LogP contribution in [0.25, 0.3) is 0 Å². The van der Waals surface area contributed by atoms with Crippen LogP contribution >= 0.6 is 11.6 Å². The van der Waals surface area contributed by atoms with E-state index < -0.39 is 22.5 Å². The summed E-state index contributed by atoms with van der Waals surface area (Å²) in [7, 11) is -0.996. The van der Waals surface area contributed by atoms with Crippen LogP contribution < -0.4 is 14.4 Å². The summed E-state index contributed by atoms with van der Waals surface area (Å²) < 4.78 is 37.5. The number of carbonyl (C=O) groups is 1. The number of anilines is 1. The van der Waals surface area contributed by atoms with Crippen molar-refractivity contribution in [2.75, 3.05) is 31.7 Å². The lowest BCUT2D eigenvalue weighted by atomic mass is 10.3. The third kappa shape index (κ3) is 5.60. The number of halogens is 1. The highest BCUT2D eigenvalue weighted by Crippen LogP contribution is 2.27. The zero-order valence-electron chi connectivity index (χ0n) is 15.9. The number of rotatable bonds is 9. The van der Waals surface area contributed by atoms with E-state index in [4.69, 9.17) is 21.1 Å². The fraction of sp³-hybridized carbons (Fsp3) is 0.316. The number of hydrogen-bond donors (Lipinski definition) is 1. The van der Waals surface area contributed by atoms with Gasteiger partial charge in [0.1, 0.15) is 12.3 Å². The van der Waals surface area contributed by atoms with E-state index in [-0.39, 0.29) is 16.6 Å². The smallest absolute Gasteiger partial charge is 0.264 e. The summed E-state index contributed by atoms with van der Waals surface area (Å²) in [4.78, 5) is 12.5. The van der Waals surface area contributed by atoms with Crippen LogP contribution in [-0.2, 0) is 19.6 Å². The standard InChI is InChI=1S/C19H23ClN2O5S/c1-14(13-26-2)21-19(23)12-22(16-6-4-5-15(20)11-16)28(24,25)18-9-7-17(27-3)8-10-18/h4-11,14H,12-13H2,1-3H3,(H,21,23)/t14-/m0/s1. The van der Waals surface area contributed by atoms with E-state index in [0.29, 0.717) is 17.4 Å². The van der Waals surface area contributed by atoms with E-state index in [9.17, 15) is 13.2 Å². The van der Waals surface area contributed by atoms with Gasteiger partial charge >= 0.3 is 0 Å². The predicted octanol–water partition coefficient (Wildman–Crippen LogP) is 2.70. The van der Waals surface area contributed by atoms with Crippen molar-refractivity contribution in [3.63, 3.8) is 0 Å². The first-order chi connectivity index (χ1) is 13.3. The number of nitrogens with zero attached hydrogens (tertiary/aromatic N) is 1. The van der Waals surface area contributed by atoms with Gasteiger partial charge in [-0.3, -0.25) is 9.10 Å². The molecule has 1 N–H and O–H groups in total. The number of benzene rings is 2. The maximum atomic E-state index is 13.2. The minimum atomic E-state index is -4.01. The molecule has 7 nitrogen and oxygen atoms in total. The summed E-state index contributed by atoms with van der Waals surface area (Å²) >= 11 is 6.03. The topological polar surface area (TPSA) is 84.9 Å². The number of amides is 1. The molecule has 2 aromatic carbocycles. The Morgan fingerprint density at radius 2 is 1.86 bits per heavy atom. The molecule has 0 aliphatic heterocycles. The molecule has 9 heteroatoms. The maximum Gasteiger partial charge on any atom is 0.264 e. The zero-order valence-corrected chi connectivity index (χ0v) is 17.5. The molecule has 0 fully saturated rings. The summed E-state index contributed by atoms with van der Waals surface area (Å²) in [6, 6.07) is 12.0. The number of nitrogens with one attached hydrogen (secondary N) is 1. The van der Waals surface area contributed by atoms with Crippen LogP contribution in [0.2, 0.25) is 5.02 Å². The second kappa shape index (κ2) is 9.77. The van der Waals surface area contributed by atoms with Crippen LogP contribution in [-0.4, -0.2) is 47.7 Å². The maximum absolute atomic E-state index is 13.2. The van der Waals surface area contributed by atoms with E-state index in [1.54, 1.807) is 37.3 Å². The van der Waals surface area contributed by atoms with E-state index >= 15 is 0 Å². The molecule has 0 heterocycles. The van der Waals surface area contributed by atoms with Crippen molar-refractivity contribution in [2.24, 2.45) is 0 Å². The van der Waals surface area contributed by atoms with Crippen molar-refractivity contribution in [2.45, 2.75) is 17.9 Å². The third-order valence-corrected chi connectivity index (χ3v) is 5.88. The molecule has 0 unspecified atom stereocenters. The van der Waals surface area contributed by atoms with Gasteiger partial charge in [0.2, 0.25) is 5.91 Å². The van der Waals surface area contributed by atoms with Gasteiger partial charge in [0.05, 0.1) is 24.3 Å². The molecular formula is C19H23ClN2O5S. The Balaban J connectivity index is 2.38. The summed E-state index contributed by atoms with van der Waals surface area (Å²) in [6.07, 6.45) is 0. The molecule has 1 atom stereocenters. The van der Waals surface area contributed by atoms with Gasteiger partial charge in [0, 0.05) is 18.2 Å². The predicted molar refractivity (Wildman–Crippen MR) is 108 cm³/mol. The van der Waals surface area contributed by atoms with Gasteiger partial charge in [-0.15, -0.1) is 0 Å². The SMILES string of the molecule is COC[C@H](C)NC(=O)CN(c1cccc(Cl)c1)S(=O)(=O)c1ccc(OC)cc1. The Morgan fingerprint density at radius 1 is 1.18 bits per heavy atom. The minimum Gasteiger partial charge on any atom is -0.497 e. The van der Waals surface area contributed by atoms with Crippen LogP contribution in [0.15, 0.2) is 53.4 Å². The highest BCUT2D eigenvalue weighted by Gasteiger charge is 2.27. The molecule has 28 heavy (non-hydrogen) atoms. The Kier molecular flexibility index (Phi) is 7.68. The van der Waals surface area contributed by atoms with Gasteiger partial charge in [-0.25, -0.2) is 8.42 Å². The van der Waals surface area contributed by atoms with Crippen molar-refractivity contribution in [1.82, 2.24) is 5.32 Å². The Morgan fingerprint density at radius 3 is 2.43 bits per heavy atom. The molecule has 0 aliphatic carbocycles. The first kappa shape index (κ1) is 22.0. The lowest BCUT2D eigenvalue weighted by molar-refractivity contribution is -0.120. The summed E-state index contributed by atoms with van der Waals surface area (Å²) in [6.45, 7) is 1.68. The zero-order chi connectivity index (χ0) is 20.7. The van der Waals surface area contributed by atoms with Crippen LogP contribution in [0.1, 0.15) is 6.92 Å². The average molecular weight is 427 g/mol. The Labute approximate surface area is 170 Å².